The Bertz CT molecular complexity index is 540. The van der Waals surface area contributed by atoms with Crippen molar-refractivity contribution in [3.8, 4) is 0 Å². The number of fused-ring (bicyclic) bond motifs is 1. The van der Waals surface area contributed by atoms with Crippen LogP contribution in [-0.4, -0.2) is 35.5 Å². The van der Waals surface area contributed by atoms with Crippen LogP contribution in [0, 0.1) is 0 Å². The Morgan fingerprint density at radius 1 is 1.53 bits per heavy atom. The van der Waals surface area contributed by atoms with Crippen LogP contribution in [0.2, 0.25) is 0 Å². The number of nitrogens with zero attached hydrogens (tertiary/aromatic N) is 2. The highest BCUT2D eigenvalue weighted by molar-refractivity contribution is 7.98. The number of rotatable bonds is 2. The van der Waals surface area contributed by atoms with E-state index in [9.17, 15) is 5.11 Å². The highest BCUT2D eigenvalue weighted by Crippen LogP contribution is 2.32. The zero-order chi connectivity index (χ0) is 11.8. The molecule has 1 saturated heterocycles. The number of aromatic nitrogens is 1. The molecule has 1 aromatic carbocycles. The summed E-state index contributed by atoms with van der Waals surface area (Å²) in [6.07, 6.45) is 2.75. The van der Waals surface area contributed by atoms with Gasteiger partial charge in [-0.3, -0.25) is 0 Å². The fourth-order valence-electron chi connectivity index (χ4n) is 2.07. The van der Waals surface area contributed by atoms with Gasteiger partial charge in [-0.1, -0.05) is 11.3 Å². The maximum Gasteiger partial charge on any atom is 0.186 e. The van der Waals surface area contributed by atoms with E-state index in [4.69, 9.17) is 0 Å². The molecule has 90 valence electrons. The minimum absolute atomic E-state index is 0.191. The fourth-order valence-corrected chi connectivity index (χ4v) is 3.62. The summed E-state index contributed by atoms with van der Waals surface area (Å²) in [4.78, 5) is 8.08. The summed E-state index contributed by atoms with van der Waals surface area (Å²) in [5, 5.41) is 10.6. The van der Waals surface area contributed by atoms with Crippen molar-refractivity contribution in [2.75, 3.05) is 24.2 Å². The third-order valence-corrected chi connectivity index (χ3v) is 4.82. The fraction of sp³-hybridized carbons (Fsp3) is 0.417. The Hall–Kier alpha value is -0.780. The van der Waals surface area contributed by atoms with E-state index in [1.54, 1.807) is 23.1 Å². The van der Waals surface area contributed by atoms with Gasteiger partial charge in [0.05, 0.1) is 16.3 Å². The highest BCUT2D eigenvalue weighted by Gasteiger charge is 2.22. The predicted octanol–water partition coefficient (Wildman–Crippen LogP) is 2.59. The zero-order valence-electron chi connectivity index (χ0n) is 9.59. The summed E-state index contributed by atoms with van der Waals surface area (Å²) in [6, 6.07) is 6.37. The first-order valence-corrected chi connectivity index (χ1v) is 7.68. The van der Waals surface area contributed by atoms with Crippen molar-refractivity contribution in [1.29, 1.82) is 0 Å². The van der Waals surface area contributed by atoms with Crippen LogP contribution in [0.4, 0.5) is 5.13 Å². The van der Waals surface area contributed by atoms with E-state index in [1.165, 1.54) is 9.60 Å². The summed E-state index contributed by atoms with van der Waals surface area (Å²) in [5.74, 6) is 0. The monoisotopic (exact) mass is 266 g/mol. The van der Waals surface area contributed by atoms with Gasteiger partial charge in [-0.2, -0.15) is 0 Å². The van der Waals surface area contributed by atoms with E-state index in [2.05, 4.69) is 34.3 Å². The second kappa shape index (κ2) is 4.48. The third kappa shape index (κ3) is 2.14. The SMILES string of the molecule is CSc1ccc2nc(N3CCC(O)C3)sc2c1. The minimum Gasteiger partial charge on any atom is -0.391 e. The lowest BCUT2D eigenvalue weighted by atomic mass is 10.3. The molecule has 0 aliphatic carbocycles. The maximum atomic E-state index is 9.55. The molecule has 3 rings (SSSR count). The van der Waals surface area contributed by atoms with Gasteiger partial charge in [0.2, 0.25) is 0 Å². The number of hydrogen-bond donors (Lipinski definition) is 1. The smallest absolute Gasteiger partial charge is 0.186 e. The molecule has 0 bridgehead atoms. The van der Waals surface area contributed by atoms with Gasteiger partial charge in [0.25, 0.3) is 0 Å². The molecule has 0 amide bonds. The van der Waals surface area contributed by atoms with E-state index in [0.717, 1.165) is 30.2 Å². The van der Waals surface area contributed by atoms with Crippen LogP contribution < -0.4 is 4.90 Å². The van der Waals surface area contributed by atoms with Crippen molar-refractivity contribution in [2.24, 2.45) is 0 Å². The first-order valence-electron chi connectivity index (χ1n) is 5.64. The molecule has 17 heavy (non-hydrogen) atoms. The van der Waals surface area contributed by atoms with Crippen molar-refractivity contribution in [2.45, 2.75) is 17.4 Å². The Balaban J connectivity index is 1.96. The predicted molar refractivity (Wildman–Crippen MR) is 74.2 cm³/mol. The van der Waals surface area contributed by atoms with Crippen molar-refractivity contribution < 1.29 is 5.11 Å². The molecule has 1 unspecified atom stereocenters. The summed E-state index contributed by atoms with van der Waals surface area (Å²) in [5.41, 5.74) is 1.06. The van der Waals surface area contributed by atoms with Gasteiger partial charge in [0.1, 0.15) is 0 Å². The lowest BCUT2D eigenvalue weighted by Gasteiger charge is -2.12. The second-order valence-electron chi connectivity index (χ2n) is 4.22. The first-order chi connectivity index (χ1) is 8.26. The quantitative estimate of drug-likeness (QED) is 0.848. The molecular formula is C12H14N2OS2. The number of aliphatic hydroxyl groups excluding tert-OH is 1. The zero-order valence-corrected chi connectivity index (χ0v) is 11.2. The van der Waals surface area contributed by atoms with Gasteiger partial charge >= 0.3 is 0 Å². The number of benzene rings is 1. The number of aliphatic hydroxyl groups is 1. The summed E-state index contributed by atoms with van der Waals surface area (Å²) in [7, 11) is 0. The third-order valence-electron chi connectivity index (χ3n) is 3.02. The molecule has 0 radical (unpaired) electrons. The molecule has 1 N–H and O–H groups in total. The minimum atomic E-state index is -0.191. The maximum absolute atomic E-state index is 9.55. The molecule has 1 fully saturated rings. The summed E-state index contributed by atoms with van der Waals surface area (Å²) < 4.78 is 1.23. The van der Waals surface area contributed by atoms with Gasteiger partial charge in [-0.25, -0.2) is 4.98 Å². The van der Waals surface area contributed by atoms with Gasteiger partial charge in [-0.05, 0) is 30.9 Å². The van der Waals surface area contributed by atoms with Crippen LogP contribution in [0.1, 0.15) is 6.42 Å². The number of anilines is 1. The van der Waals surface area contributed by atoms with Crippen molar-refractivity contribution in [1.82, 2.24) is 4.98 Å². The summed E-state index contributed by atoms with van der Waals surface area (Å²) >= 11 is 3.47. The van der Waals surface area contributed by atoms with E-state index in [1.807, 2.05) is 0 Å². The Morgan fingerprint density at radius 3 is 3.12 bits per heavy atom. The Kier molecular flexibility index (Phi) is 2.98. The lowest BCUT2D eigenvalue weighted by Crippen LogP contribution is -2.20. The van der Waals surface area contributed by atoms with Crippen molar-refractivity contribution >= 4 is 38.4 Å². The average Bonchev–Trinajstić information content (AvgIpc) is 2.93. The first kappa shape index (κ1) is 11.3. The average molecular weight is 266 g/mol. The Morgan fingerprint density at radius 2 is 2.41 bits per heavy atom. The van der Waals surface area contributed by atoms with Gasteiger partial charge in [-0.15, -0.1) is 11.8 Å². The number of thiazole rings is 1. The molecule has 2 aromatic rings. The second-order valence-corrected chi connectivity index (χ2v) is 6.11. The molecule has 0 spiro atoms. The van der Waals surface area contributed by atoms with E-state index in [-0.39, 0.29) is 6.10 Å². The van der Waals surface area contributed by atoms with Crippen LogP contribution in [0.3, 0.4) is 0 Å². The molecule has 3 nitrogen and oxygen atoms in total. The standard InChI is InChI=1S/C12H14N2OS2/c1-16-9-2-3-10-11(6-9)17-12(13-10)14-5-4-8(15)7-14/h2-3,6,8,15H,4-5,7H2,1H3. The van der Waals surface area contributed by atoms with Crippen LogP contribution >= 0.6 is 23.1 Å². The summed E-state index contributed by atoms with van der Waals surface area (Å²) in [6.45, 7) is 1.63. The molecule has 1 atom stereocenters. The number of thioether (sulfide) groups is 1. The van der Waals surface area contributed by atoms with Crippen LogP contribution in [-0.2, 0) is 0 Å². The van der Waals surface area contributed by atoms with Crippen molar-refractivity contribution in [3.63, 3.8) is 0 Å². The number of hydrogen-bond acceptors (Lipinski definition) is 5. The van der Waals surface area contributed by atoms with Crippen LogP contribution in [0.15, 0.2) is 23.1 Å². The largest absolute Gasteiger partial charge is 0.391 e. The van der Waals surface area contributed by atoms with E-state index < -0.39 is 0 Å². The highest BCUT2D eigenvalue weighted by atomic mass is 32.2. The van der Waals surface area contributed by atoms with Crippen molar-refractivity contribution in [3.05, 3.63) is 18.2 Å². The molecule has 1 aliphatic rings. The molecular weight excluding hydrogens is 252 g/mol. The Labute approximate surface area is 108 Å². The number of β-amino-alcohol motifs (C(OH)–C–C–N with tert-alkyl or cyclic N) is 1. The van der Waals surface area contributed by atoms with E-state index in [0.29, 0.717) is 0 Å². The topological polar surface area (TPSA) is 36.4 Å². The van der Waals surface area contributed by atoms with Crippen LogP contribution in [0.5, 0.6) is 0 Å². The van der Waals surface area contributed by atoms with E-state index >= 15 is 0 Å². The molecule has 0 saturated carbocycles. The molecule has 5 heteroatoms. The molecule has 1 aromatic heterocycles. The normalized spacial score (nSPS) is 20.4. The molecule has 1 aliphatic heterocycles. The lowest BCUT2D eigenvalue weighted by molar-refractivity contribution is 0.198. The van der Waals surface area contributed by atoms with Gasteiger partial charge in [0, 0.05) is 18.0 Å². The van der Waals surface area contributed by atoms with Gasteiger partial charge in [0.15, 0.2) is 5.13 Å². The molecule has 2 heterocycles. The van der Waals surface area contributed by atoms with Gasteiger partial charge < -0.3 is 10.0 Å². The van der Waals surface area contributed by atoms with Crippen LogP contribution in [0.25, 0.3) is 10.2 Å².